The molecule has 0 bridgehead atoms. The van der Waals surface area contributed by atoms with Gasteiger partial charge in [0.2, 0.25) is 5.09 Å². The number of amides is 1. The Morgan fingerprint density at radius 3 is 2.68 bits per heavy atom. The number of furan rings is 1. The molecule has 2 heterocycles. The molecule has 0 spiro atoms. The number of nitrogens with one attached hydrogen (secondary N) is 1. The number of carbonyl (C=O) groups is 1. The average Bonchev–Trinajstić information content (AvgIpc) is 3.06. The van der Waals surface area contributed by atoms with E-state index in [4.69, 9.17) is 16.0 Å². The van der Waals surface area contributed by atoms with Gasteiger partial charge >= 0.3 is 0 Å². The summed E-state index contributed by atoms with van der Waals surface area (Å²) in [6, 6.07) is 2.96. The van der Waals surface area contributed by atoms with E-state index in [9.17, 15) is 13.2 Å². The molecule has 0 radical (unpaired) electrons. The number of rotatable bonds is 5. The molecule has 7 nitrogen and oxygen atoms in total. The van der Waals surface area contributed by atoms with Gasteiger partial charge in [-0.15, -0.1) is 0 Å². The Bertz CT molecular complexity index is 794. The van der Waals surface area contributed by atoms with E-state index in [0.29, 0.717) is 11.6 Å². The Hall–Kier alpha value is -1.77. The molecule has 1 N–H and O–H groups in total. The highest BCUT2D eigenvalue weighted by Crippen LogP contribution is 2.18. The predicted molar refractivity (Wildman–Crippen MR) is 81.2 cm³/mol. The standard InChI is InChI=1S/C13H16ClN3O4S/c1-15-22(19,20)12-4-9(8-21-12)13(18)17(3)7-11-5-10(14)6-16(11)2/h4-6,8,15H,7H2,1-3H3. The second-order valence-electron chi connectivity index (χ2n) is 4.78. The fourth-order valence-corrected chi connectivity index (χ4v) is 2.86. The Balaban J connectivity index is 2.16. The van der Waals surface area contributed by atoms with E-state index in [-0.39, 0.29) is 16.6 Å². The smallest absolute Gasteiger partial charge is 0.273 e. The lowest BCUT2D eigenvalue weighted by atomic mass is 10.3. The molecule has 1 amide bonds. The summed E-state index contributed by atoms with van der Waals surface area (Å²) in [5, 5.41) is 0.290. The summed E-state index contributed by atoms with van der Waals surface area (Å²) in [6.07, 6.45) is 2.87. The maximum absolute atomic E-state index is 12.3. The van der Waals surface area contributed by atoms with Crippen LogP contribution < -0.4 is 4.72 Å². The number of aromatic nitrogens is 1. The van der Waals surface area contributed by atoms with Crippen LogP contribution in [0.2, 0.25) is 5.02 Å². The van der Waals surface area contributed by atoms with Gasteiger partial charge in [0.05, 0.1) is 17.1 Å². The maximum Gasteiger partial charge on any atom is 0.273 e. The van der Waals surface area contributed by atoms with Crippen molar-refractivity contribution < 1.29 is 17.6 Å². The van der Waals surface area contributed by atoms with Gasteiger partial charge in [0, 0.05) is 32.1 Å². The van der Waals surface area contributed by atoms with Crippen LogP contribution in [0.5, 0.6) is 0 Å². The van der Waals surface area contributed by atoms with Gasteiger partial charge < -0.3 is 13.9 Å². The molecule has 9 heteroatoms. The van der Waals surface area contributed by atoms with E-state index in [2.05, 4.69) is 4.72 Å². The van der Waals surface area contributed by atoms with Crippen molar-refractivity contribution in [3.63, 3.8) is 0 Å². The second-order valence-corrected chi connectivity index (χ2v) is 7.04. The van der Waals surface area contributed by atoms with Crippen LogP contribution in [0, 0.1) is 0 Å². The summed E-state index contributed by atoms with van der Waals surface area (Å²) in [5.41, 5.74) is 1.02. The number of aryl methyl sites for hydroxylation is 1. The van der Waals surface area contributed by atoms with Crippen molar-refractivity contribution in [2.75, 3.05) is 14.1 Å². The van der Waals surface area contributed by atoms with Crippen molar-refractivity contribution in [3.05, 3.63) is 40.9 Å². The quantitative estimate of drug-likeness (QED) is 0.889. The first-order valence-corrected chi connectivity index (χ1v) is 8.19. The van der Waals surface area contributed by atoms with Crippen LogP contribution in [0.1, 0.15) is 16.1 Å². The van der Waals surface area contributed by atoms with Crippen LogP contribution in [0.25, 0.3) is 0 Å². The predicted octanol–water partition coefficient (Wildman–Crippen LogP) is 1.45. The molecule has 0 saturated heterocycles. The molecule has 0 fully saturated rings. The Morgan fingerprint density at radius 2 is 2.14 bits per heavy atom. The van der Waals surface area contributed by atoms with Gasteiger partial charge in [0.15, 0.2) is 0 Å². The fourth-order valence-electron chi connectivity index (χ4n) is 1.93. The van der Waals surface area contributed by atoms with Crippen LogP contribution in [0.15, 0.2) is 34.1 Å². The number of nitrogens with zero attached hydrogens (tertiary/aromatic N) is 2. The van der Waals surface area contributed by atoms with Crippen molar-refractivity contribution in [1.82, 2.24) is 14.2 Å². The van der Waals surface area contributed by atoms with Crippen LogP contribution in [0.4, 0.5) is 0 Å². The molecule has 0 aromatic carbocycles. The Labute approximate surface area is 133 Å². The highest BCUT2D eigenvalue weighted by molar-refractivity contribution is 7.89. The van der Waals surface area contributed by atoms with Crippen LogP contribution >= 0.6 is 11.6 Å². The molecule has 2 aromatic rings. The van der Waals surface area contributed by atoms with Crippen molar-refractivity contribution in [2.45, 2.75) is 11.6 Å². The minimum atomic E-state index is -3.71. The number of sulfonamides is 1. The van der Waals surface area contributed by atoms with E-state index in [0.717, 1.165) is 12.0 Å². The normalized spacial score (nSPS) is 11.6. The lowest BCUT2D eigenvalue weighted by molar-refractivity contribution is 0.0781. The van der Waals surface area contributed by atoms with E-state index in [1.165, 1.54) is 18.0 Å². The zero-order valence-corrected chi connectivity index (χ0v) is 13.9. The molecule has 0 unspecified atom stereocenters. The number of hydrogen-bond acceptors (Lipinski definition) is 4. The Morgan fingerprint density at radius 1 is 1.45 bits per heavy atom. The Kier molecular flexibility index (Phi) is 4.64. The molecule has 0 aliphatic heterocycles. The maximum atomic E-state index is 12.3. The largest absolute Gasteiger partial charge is 0.451 e. The topological polar surface area (TPSA) is 84.5 Å². The third kappa shape index (κ3) is 3.34. The molecular formula is C13H16ClN3O4S. The zero-order valence-electron chi connectivity index (χ0n) is 12.3. The lowest BCUT2D eigenvalue weighted by Gasteiger charge is -2.16. The van der Waals surface area contributed by atoms with E-state index in [1.54, 1.807) is 19.3 Å². The molecule has 0 saturated carbocycles. The molecule has 22 heavy (non-hydrogen) atoms. The number of carbonyl (C=O) groups excluding carboxylic acids is 1. The molecular weight excluding hydrogens is 330 g/mol. The molecule has 2 rings (SSSR count). The van der Waals surface area contributed by atoms with Gasteiger partial charge in [0.1, 0.15) is 6.26 Å². The minimum absolute atomic E-state index is 0.164. The number of hydrogen-bond donors (Lipinski definition) is 1. The summed E-state index contributed by atoms with van der Waals surface area (Å²) in [5.74, 6) is -0.348. The monoisotopic (exact) mass is 345 g/mol. The van der Waals surface area contributed by atoms with Crippen LogP contribution in [0.3, 0.4) is 0 Å². The number of halogens is 1. The molecule has 120 valence electrons. The van der Waals surface area contributed by atoms with E-state index >= 15 is 0 Å². The van der Waals surface area contributed by atoms with Crippen molar-refractivity contribution in [1.29, 1.82) is 0 Å². The molecule has 0 aliphatic rings. The molecule has 0 atom stereocenters. The van der Waals surface area contributed by atoms with Crippen LogP contribution in [-0.2, 0) is 23.6 Å². The first kappa shape index (κ1) is 16.6. The van der Waals surface area contributed by atoms with E-state index in [1.807, 2.05) is 11.6 Å². The average molecular weight is 346 g/mol. The first-order chi connectivity index (χ1) is 10.2. The van der Waals surface area contributed by atoms with Gasteiger partial charge in [-0.3, -0.25) is 4.79 Å². The SMILES string of the molecule is CNS(=O)(=O)c1cc(C(=O)N(C)Cc2cc(Cl)cn2C)co1. The van der Waals surface area contributed by atoms with Gasteiger partial charge in [-0.1, -0.05) is 11.6 Å². The summed E-state index contributed by atoms with van der Waals surface area (Å²) in [4.78, 5) is 13.8. The fraction of sp³-hybridized carbons (Fsp3) is 0.308. The van der Waals surface area contributed by atoms with Gasteiger partial charge in [0.25, 0.3) is 15.9 Å². The third-order valence-electron chi connectivity index (χ3n) is 3.18. The summed E-state index contributed by atoms with van der Waals surface area (Å²) in [6.45, 7) is 0.335. The molecule has 2 aromatic heterocycles. The highest BCUT2D eigenvalue weighted by Gasteiger charge is 2.21. The van der Waals surface area contributed by atoms with Crippen LogP contribution in [-0.4, -0.2) is 37.9 Å². The summed E-state index contributed by atoms with van der Waals surface area (Å²) >= 11 is 5.90. The van der Waals surface area contributed by atoms with Gasteiger partial charge in [-0.25, -0.2) is 13.1 Å². The molecule has 0 aliphatic carbocycles. The highest BCUT2D eigenvalue weighted by atomic mass is 35.5. The van der Waals surface area contributed by atoms with E-state index < -0.39 is 10.0 Å². The van der Waals surface area contributed by atoms with Crippen molar-refractivity contribution in [2.24, 2.45) is 7.05 Å². The summed E-state index contributed by atoms with van der Waals surface area (Å²) in [7, 11) is 1.00. The van der Waals surface area contributed by atoms with Gasteiger partial charge in [-0.2, -0.15) is 0 Å². The van der Waals surface area contributed by atoms with Gasteiger partial charge in [-0.05, 0) is 13.1 Å². The summed E-state index contributed by atoms with van der Waals surface area (Å²) < 4.78 is 32.1. The lowest BCUT2D eigenvalue weighted by Crippen LogP contribution is -2.26. The zero-order chi connectivity index (χ0) is 16.5. The third-order valence-corrected chi connectivity index (χ3v) is 4.66. The minimum Gasteiger partial charge on any atom is -0.451 e. The first-order valence-electron chi connectivity index (χ1n) is 6.33. The van der Waals surface area contributed by atoms with Crippen molar-refractivity contribution in [3.8, 4) is 0 Å². The van der Waals surface area contributed by atoms with Crippen molar-refractivity contribution >= 4 is 27.5 Å². The second kappa shape index (κ2) is 6.15.